The molecule has 1 N–H and O–H groups in total. The summed E-state index contributed by atoms with van der Waals surface area (Å²) < 4.78 is 1.75. The second-order valence-electron chi connectivity index (χ2n) is 9.92. The summed E-state index contributed by atoms with van der Waals surface area (Å²) in [6.45, 7) is 9.33. The normalized spacial score (nSPS) is 16.1. The second-order valence-corrected chi connectivity index (χ2v) is 10.9. The minimum absolute atomic E-state index is 0. The van der Waals surface area contributed by atoms with Crippen molar-refractivity contribution in [2.45, 2.75) is 66.0 Å². The van der Waals surface area contributed by atoms with Crippen molar-refractivity contribution in [3.05, 3.63) is 53.7 Å². The van der Waals surface area contributed by atoms with Crippen LogP contribution in [0.5, 0.6) is 0 Å². The van der Waals surface area contributed by atoms with Crippen LogP contribution in [0, 0.1) is 0 Å². The van der Waals surface area contributed by atoms with Crippen molar-refractivity contribution in [3.8, 4) is 21.8 Å². The van der Waals surface area contributed by atoms with E-state index in [1.165, 1.54) is 0 Å². The van der Waals surface area contributed by atoms with Crippen LogP contribution in [0.15, 0.2) is 48.1 Å². The molecule has 5 rings (SSSR count). The highest BCUT2D eigenvalue weighted by Gasteiger charge is 2.27. The molecule has 0 aromatic carbocycles. The molecule has 0 aliphatic carbocycles. The lowest BCUT2D eigenvalue weighted by molar-refractivity contribution is 0.0964. The molecule has 0 radical (unpaired) electrons. The Morgan fingerprint density at radius 2 is 2.03 bits per heavy atom. The van der Waals surface area contributed by atoms with E-state index in [1.807, 2.05) is 35.8 Å². The van der Waals surface area contributed by atoms with Crippen molar-refractivity contribution in [1.82, 2.24) is 24.5 Å². The smallest absolute Gasteiger partial charge is 0.165 e. The summed E-state index contributed by atoms with van der Waals surface area (Å²) in [4.78, 5) is 29.0. The van der Waals surface area contributed by atoms with Crippen molar-refractivity contribution in [3.63, 3.8) is 0 Å². The zero-order chi connectivity index (χ0) is 26.6. The van der Waals surface area contributed by atoms with Gasteiger partial charge in [-0.3, -0.25) is 4.79 Å². The van der Waals surface area contributed by atoms with Crippen LogP contribution in [-0.4, -0.2) is 73.7 Å². The largest absolute Gasteiger partial charge is 0.394 e. The third kappa shape index (κ3) is 6.05. The van der Waals surface area contributed by atoms with Crippen molar-refractivity contribution in [2.24, 2.45) is 0 Å². The van der Waals surface area contributed by atoms with E-state index in [2.05, 4.69) is 41.7 Å². The van der Waals surface area contributed by atoms with E-state index in [0.29, 0.717) is 29.4 Å². The predicted molar refractivity (Wildman–Crippen MR) is 160 cm³/mol. The first kappa shape index (κ1) is 28.9. The maximum Gasteiger partial charge on any atom is 0.165 e. The number of fused-ring (bicyclic) bond motifs is 1. The van der Waals surface area contributed by atoms with Gasteiger partial charge in [0, 0.05) is 30.8 Å². The number of thiophene rings is 1. The van der Waals surface area contributed by atoms with E-state index in [-0.39, 0.29) is 25.9 Å². The average Bonchev–Trinajstić information content (AvgIpc) is 3.72. The molecular formula is C30H40N6O2S. The molecule has 8 nitrogen and oxygen atoms in total. The highest BCUT2D eigenvalue weighted by atomic mass is 32.1. The van der Waals surface area contributed by atoms with Gasteiger partial charge in [0.25, 0.3) is 0 Å². The number of anilines is 1. The number of aromatic nitrogens is 4. The Kier molecular flexibility index (Phi) is 9.48. The number of rotatable bonds is 11. The molecule has 9 heteroatoms. The molecule has 1 aliphatic heterocycles. The molecule has 208 valence electrons. The molecule has 1 fully saturated rings. The standard InChI is InChI=1S/C29H36N6O2S.CH4/c1-4-33(5-2)20(3)10-11-26(37)21-16-25(31-28(17-21)34-13-6-8-22(34)19-36)23-18-30-35-14-12-24(32-29(23)35)27-9-7-15-38-27;/h7,9,12,14-18,20,22,36H,4-6,8,10-11,13,19H2,1-3H3;1H4/t20-,22-;/m0./s1. The molecular weight excluding hydrogens is 508 g/mol. The van der Waals surface area contributed by atoms with E-state index in [1.54, 1.807) is 22.0 Å². The van der Waals surface area contributed by atoms with Gasteiger partial charge in [0.05, 0.1) is 40.7 Å². The third-order valence-electron chi connectivity index (χ3n) is 7.66. The van der Waals surface area contributed by atoms with Gasteiger partial charge in [0.2, 0.25) is 0 Å². The minimum Gasteiger partial charge on any atom is -0.394 e. The third-order valence-corrected chi connectivity index (χ3v) is 8.55. The average molecular weight is 549 g/mol. The van der Waals surface area contributed by atoms with Gasteiger partial charge < -0.3 is 14.9 Å². The first-order chi connectivity index (χ1) is 18.5. The van der Waals surface area contributed by atoms with Gasteiger partial charge in [-0.1, -0.05) is 27.3 Å². The molecule has 39 heavy (non-hydrogen) atoms. The van der Waals surface area contributed by atoms with Crippen molar-refractivity contribution < 1.29 is 9.90 Å². The summed E-state index contributed by atoms with van der Waals surface area (Å²) in [6.07, 6.45) is 6.86. The number of hydrogen-bond acceptors (Lipinski definition) is 8. The number of pyridine rings is 1. The summed E-state index contributed by atoms with van der Waals surface area (Å²) in [5.74, 6) is 0.838. The fourth-order valence-electron chi connectivity index (χ4n) is 5.41. The summed E-state index contributed by atoms with van der Waals surface area (Å²) >= 11 is 1.64. The summed E-state index contributed by atoms with van der Waals surface area (Å²) in [5, 5.41) is 16.5. The van der Waals surface area contributed by atoms with Gasteiger partial charge in [-0.25, -0.2) is 14.5 Å². The van der Waals surface area contributed by atoms with Crippen LogP contribution in [0.1, 0.15) is 64.2 Å². The molecule has 0 bridgehead atoms. The SMILES string of the molecule is C.CCN(CC)[C@@H](C)CCC(=O)c1cc(-c2cnn3ccc(-c4cccs4)nc23)nc(N2CCC[C@H]2CO)c1. The van der Waals surface area contributed by atoms with Crippen molar-refractivity contribution in [1.29, 1.82) is 0 Å². The highest BCUT2D eigenvalue weighted by Crippen LogP contribution is 2.31. The number of hydrogen-bond donors (Lipinski definition) is 1. The molecule has 1 saturated heterocycles. The molecule has 5 heterocycles. The van der Waals surface area contributed by atoms with Gasteiger partial charge in [-0.05, 0) is 68.9 Å². The minimum atomic E-state index is 0. The van der Waals surface area contributed by atoms with Crippen LogP contribution in [0.4, 0.5) is 5.82 Å². The maximum absolute atomic E-state index is 13.5. The van der Waals surface area contributed by atoms with Crippen LogP contribution in [0.2, 0.25) is 0 Å². The maximum atomic E-state index is 13.5. The molecule has 4 aromatic heterocycles. The highest BCUT2D eigenvalue weighted by molar-refractivity contribution is 7.13. The molecule has 0 amide bonds. The van der Waals surface area contributed by atoms with Gasteiger partial charge in [0.1, 0.15) is 5.82 Å². The molecule has 2 atom stereocenters. The number of Topliss-reactive ketones (excluding diaryl/α,β-unsaturated/α-hetero) is 1. The number of carbonyl (C=O) groups is 1. The number of carbonyl (C=O) groups excluding carboxylic acids is 1. The number of nitrogens with zero attached hydrogens (tertiary/aromatic N) is 6. The van der Waals surface area contributed by atoms with Gasteiger partial charge in [-0.2, -0.15) is 5.10 Å². The summed E-state index contributed by atoms with van der Waals surface area (Å²) in [6, 6.07) is 10.2. The van der Waals surface area contributed by atoms with Gasteiger partial charge in [-0.15, -0.1) is 11.3 Å². The molecule has 1 aliphatic rings. The number of aliphatic hydroxyl groups excluding tert-OH is 1. The molecule has 4 aromatic rings. The van der Waals surface area contributed by atoms with Gasteiger partial charge >= 0.3 is 0 Å². The van der Waals surface area contributed by atoms with Crippen LogP contribution in [0.3, 0.4) is 0 Å². The van der Waals surface area contributed by atoms with Crippen molar-refractivity contribution in [2.75, 3.05) is 31.1 Å². The van der Waals surface area contributed by atoms with Gasteiger partial charge in [0.15, 0.2) is 11.4 Å². The predicted octanol–water partition coefficient (Wildman–Crippen LogP) is 5.81. The fourth-order valence-corrected chi connectivity index (χ4v) is 6.11. The zero-order valence-corrected chi connectivity index (χ0v) is 23.2. The summed E-state index contributed by atoms with van der Waals surface area (Å²) in [5.41, 5.74) is 3.70. The second kappa shape index (κ2) is 12.8. The Labute approximate surface area is 235 Å². The monoisotopic (exact) mass is 548 g/mol. The molecule has 0 saturated carbocycles. The Morgan fingerprint density at radius 1 is 1.21 bits per heavy atom. The molecule has 0 spiro atoms. The Bertz CT molecular complexity index is 1380. The van der Waals surface area contributed by atoms with E-state index in [0.717, 1.165) is 60.8 Å². The Hall–Kier alpha value is -3.14. The van der Waals surface area contributed by atoms with E-state index >= 15 is 0 Å². The van der Waals surface area contributed by atoms with E-state index < -0.39 is 0 Å². The lowest BCUT2D eigenvalue weighted by atomic mass is 10.0. The van der Waals surface area contributed by atoms with Crippen LogP contribution in [-0.2, 0) is 0 Å². The fraction of sp³-hybridized carbons (Fsp3) is 0.467. The topological polar surface area (TPSA) is 86.9 Å². The first-order valence-corrected chi connectivity index (χ1v) is 14.5. The molecule has 0 unspecified atom stereocenters. The first-order valence-electron chi connectivity index (χ1n) is 13.6. The van der Waals surface area contributed by atoms with E-state index in [9.17, 15) is 9.90 Å². The van der Waals surface area contributed by atoms with E-state index in [4.69, 9.17) is 9.97 Å². The lowest BCUT2D eigenvalue weighted by Gasteiger charge is -2.26. The quantitative estimate of drug-likeness (QED) is 0.237. The zero-order valence-electron chi connectivity index (χ0n) is 22.4. The van der Waals surface area contributed by atoms with Crippen LogP contribution < -0.4 is 4.90 Å². The number of aliphatic hydroxyl groups is 1. The van der Waals surface area contributed by atoms with Crippen molar-refractivity contribution >= 4 is 28.6 Å². The lowest BCUT2D eigenvalue weighted by Crippen LogP contribution is -2.33. The van der Waals surface area contributed by atoms with Crippen LogP contribution >= 0.6 is 11.3 Å². The Balaban J connectivity index is 0.00000353. The number of ketones is 1. The van der Waals surface area contributed by atoms with Crippen LogP contribution in [0.25, 0.3) is 27.5 Å². The summed E-state index contributed by atoms with van der Waals surface area (Å²) in [7, 11) is 0. The Morgan fingerprint density at radius 3 is 2.74 bits per heavy atom.